The molecule has 0 saturated heterocycles. The number of hydrazone groups is 1. The lowest BCUT2D eigenvalue weighted by atomic mass is 9.99. The van der Waals surface area contributed by atoms with E-state index in [2.05, 4.69) is 36.6 Å². The number of carbonyl (C=O) groups is 3. The average molecular weight is 430 g/mol. The van der Waals surface area contributed by atoms with Crippen molar-refractivity contribution in [3.63, 3.8) is 0 Å². The maximum Gasteiger partial charge on any atom is 0.275 e. The number of ketones is 2. The highest BCUT2D eigenvalue weighted by Gasteiger charge is 2.19. The quantitative estimate of drug-likeness (QED) is 0.119. The van der Waals surface area contributed by atoms with Gasteiger partial charge in [-0.2, -0.15) is 5.10 Å². The highest BCUT2D eigenvalue weighted by Crippen LogP contribution is 2.19. The lowest BCUT2D eigenvalue weighted by Crippen LogP contribution is -2.38. The molecule has 0 aliphatic heterocycles. The van der Waals surface area contributed by atoms with Crippen molar-refractivity contribution < 1.29 is 14.4 Å². The van der Waals surface area contributed by atoms with Gasteiger partial charge >= 0.3 is 0 Å². The number of nitrogens with one attached hydrogen (secondary N) is 2. The maximum absolute atomic E-state index is 12.6. The Morgan fingerprint density at radius 3 is 2.32 bits per heavy atom. The van der Waals surface area contributed by atoms with E-state index in [1.165, 1.54) is 6.92 Å². The van der Waals surface area contributed by atoms with Crippen LogP contribution in [0.4, 0.5) is 5.69 Å². The normalized spacial score (nSPS) is 12.3. The van der Waals surface area contributed by atoms with Crippen LogP contribution in [-0.4, -0.2) is 29.7 Å². The minimum atomic E-state index is -0.488. The van der Waals surface area contributed by atoms with E-state index < -0.39 is 11.7 Å². The number of para-hydroxylation sites is 1. The van der Waals surface area contributed by atoms with Crippen LogP contribution < -0.4 is 10.7 Å². The highest BCUT2D eigenvalue weighted by molar-refractivity contribution is 6.65. The van der Waals surface area contributed by atoms with Crippen molar-refractivity contribution in [3.8, 4) is 0 Å². The first kappa shape index (κ1) is 26.5. The Bertz CT molecular complexity index is 743. The van der Waals surface area contributed by atoms with Crippen LogP contribution in [0.15, 0.2) is 29.4 Å². The van der Waals surface area contributed by atoms with E-state index in [-0.39, 0.29) is 11.5 Å². The average Bonchev–Trinajstić information content (AvgIpc) is 2.77. The molecule has 0 radical (unpaired) electrons. The summed E-state index contributed by atoms with van der Waals surface area (Å²) in [6.07, 6.45) is 8.84. The van der Waals surface area contributed by atoms with Crippen LogP contribution in [0.5, 0.6) is 0 Å². The van der Waals surface area contributed by atoms with Crippen LogP contribution >= 0.6 is 0 Å². The van der Waals surface area contributed by atoms with Gasteiger partial charge in [0, 0.05) is 25.5 Å². The van der Waals surface area contributed by atoms with Crippen LogP contribution in [0.1, 0.15) is 95.8 Å². The first-order chi connectivity index (χ1) is 14.9. The van der Waals surface area contributed by atoms with Gasteiger partial charge in [0.1, 0.15) is 0 Å². The van der Waals surface area contributed by atoms with Gasteiger partial charge < -0.3 is 5.32 Å². The van der Waals surface area contributed by atoms with Gasteiger partial charge in [0.15, 0.2) is 17.3 Å². The molecule has 6 nitrogen and oxygen atoms in total. The van der Waals surface area contributed by atoms with Crippen molar-refractivity contribution >= 4 is 28.9 Å². The van der Waals surface area contributed by atoms with Gasteiger partial charge in [-0.05, 0) is 30.9 Å². The minimum absolute atomic E-state index is 0.0324. The highest BCUT2D eigenvalue weighted by atomic mass is 16.2. The second kappa shape index (κ2) is 15.3. The lowest BCUT2D eigenvalue weighted by Gasteiger charge is -2.15. The van der Waals surface area contributed by atoms with Crippen molar-refractivity contribution in [3.05, 3.63) is 29.8 Å². The zero-order valence-electron chi connectivity index (χ0n) is 19.6. The summed E-state index contributed by atoms with van der Waals surface area (Å²) in [7, 11) is 0. The molecule has 0 bridgehead atoms. The topological polar surface area (TPSA) is 87.6 Å². The van der Waals surface area contributed by atoms with Crippen molar-refractivity contribution in [1.82, 2.24) is 5.32 Å². The van der Waals surface area contributed by atoms with Gasteiger partial charge in [-0.25, -0.2) is 0 Å². The van der Waals surface area contributed by atoms with Crippen molar-refractivity contribution in [2.45, 2.75) is 85.5 Å². The summed E-state index contributed by atoms with van der Waals surface area (Å²) < 4.78 is 0. The van der Waals surface area contributed by atoms with E-state index >= 15 is 0 Å². The third kappa shape index (κ3) is 9.90. The van der Waals surface area contributed by atoms with Crippen LogP contribution in [0.2, 0.25) is 0 Å². The van der Waals surface area contributed by atoms with Gasteiger partial charge in [-0.1, -0.05) is 71.4 Å². The van der Waals surface area contributed by atoms with E-state index in [1.54, 1.807) is 24.3 Å². The van der Waals surface area contributed by atoms with Crippen molar-refractivity contribution in [2.75, 3.05) is 12.0 Å². The molecule has 0 aliphatic rings. The molecule has 0 fully saturated rings. The Morgan fingerprint density at radius 2 is 1.68 bits per heavy atom. The molecule has 0 spiro atoms. The number of anilines is 1. The number of Topliss-reactive ketones (excluding diaryl/α,β-unsaturated/α-hetero) is 2. The Hall–Kier alpha value is -2.50. The molecule has 1 unspecified atom stereocenters. The zero-order chi connectivity index (χ0) is 23.1. The van der Waals surface area contributed by atoms with Gasteiger partial charge in [-0.3, -0.25) is 19.8 Å². The summed E-state index contributed by atoms with van der Waals surface area (Å²) in [6, 6.07) is 7.07. The fourth-order valence-electron chi connectivity index (χ4n) is 3.34. The molecule has 0 aliphatic carbocycles. The van der Waals surface area contributed by atoms with Gasteiger partial charge in [0.05, 0.1) is 5.69 Å². The molecule has 1 aromatic rings. The molecule has 1 aromatic carbocycles. The first-order valence-corrected chi connectivity index (χ1v) is 11.7. The molecule has 2 N–H and O–H groups in total. The number of carbonyl (C=O) groups excluding carboxylic acids is 3. The van der Waals surface area contributed by atoms with Crippen LogP contribution in [-0.2, 0) is 9.59 Å². The second-order valence-electron chi connectivity index (χ2n) is 8.03. The summed E-state index contributed by atoms with van der Waals surface area (Å²) in [5.74, 6) is -0.491. The molecule has 1 rings (SSSR count). The van der Waals surface area contributed by atoms with Crippen molar-refractivity contribution in [2.24, 2.45) is 11.0 Å². The monoisotopic (exact) mass is 429 g/mol. The summed E-state index contributed by atoms with van der Waals surface area (Å²) >= 11 is 0. The van der Waals surface area contributed by atoms with Crippen LogP contribution in [0.25, 0.3) is 0 Å². The summed E-state index contributed by atoms with van der Waals surface area (Å²) in [4.78, 5) is 37.2. The Morgan fingerprint density at radius 1 is 0.968 bits per heavy atom. The number of nitrogens with zero attached hydrogens (tertiary/aromatic N) is 1. The number of rotatable bonds is 16. The zero-order valence-corrected chi connectivity index (χ0v) is 19.6. The summed E-state index contributed by atoms with van der Waals surface area (Å²) in [5.41, 5.74) is 3.62. The van der Waals surface area contributed by atoms with Gasteiger partial charge in [0.25, 0.3) is 5.91 Å². The van der Waals surface area contributed by atoms with E-state index in [0.29, 0.717) is 30.1 Å². The van der Waals surface area contributed by atoms with Crippen LogP contribution in [0.3, 0.4) is 0 Å². The Kier molecular flexibility index (Phi) is 13.1. The van der Waals surface area contributed by atoms with Gasteiger partial charge in [-0.15, -0.1) is 0 Å². The molecule has 0 saturated carbocycles. The number of amides is 1. The number of hydrogen-bond acceptors (Lipinski definition) is 5. The minimum Gasteiger partial charge on any atom is -0.350 e. The smallest absolute Gasteiger partial charge is 0.275 e. The number of unbranched alkanes of at least 4 members (excludes halogenated alkanes) is 4. The van der Waals surface area contributed by atoms with E-state index in [9.17, 15) is 14.4 Å². The Balaban J connectivity index is 2.82. The molecular formula is C25H39N3O3. The Labute approximate surface area is 187 Å². The third-order valence-electron chi connectivity index (χ3n) is 5.42. The molecule has 6 heteroatoms. The molecule has 1 atom stereocenters. The SMILES string of the molecule is CCCCCCC(=O)c1ccccc1N/N=C(/C(C)=O)C(=O)NCC(CC)CCCC. The largest absolute Gasteiger partial charge is 0.350 e. The van der Waals surface area contributed by atoms with Crippen molar-refractivity contribution in [1.29, 1.82) is 0 Å². The third-order valence-corrected chi connectivity index (χ3v) is 5.42. The summed E-state index contributed by atoms with van der Waals surface area (Å²) in [5, 5.41) is 6.90. The first-order valence-electron chi connectivity index (χ1n) is 11.7. The van der Waals surface area contributed by atoms with E-state index in [1.807, 2.05) is 0 Å². The maximum atomic E-state index is 12.6. The number of hydrogen-bond donors (Lipinski definition) is 2. The van der Waals surface area contributed by atoms with E-state index in [4.69, 9.17) is 0 Å². The predicted octanol–water partition coefficient (Wildman–Crippen LogP) is 5.53. The second-order valence-corrected chi connectivity index (χ2v) is 8.03. The standard InChI is InChI=1S/C25H39N3O3/c1-5-8-10-11-17-23(30)21-15-12-13-16-22(21)27-28-24(19(4)29)25(31)26-18-20(7-3)14-9-6-2/h12-13,15-16,20,27H,5-11,14,17-18H2,1-4H3,(H,26,31)/b28-24-. The molecule has 172 valence electrons. The lowest BCUT2D eigenvalue weighted by molar-refractivity contribution is -0.117. The molecule has 1 amide bonds. The van der Waals surface area contributed by atoms with Gasteiger partial charge in [0.2, 0.25) is 0 Å². The van der Waals surface area contributed by atoms with Crippen LogP contribution in [0, 0.1) is 5.92 Å². The fourth-order valence-corrected chi connectivity index (χ4v) is 3.34. The van der Waals surface area contributed by atoms with E-state index in [0.717, 1.165) is 51.4 Å². The molecule has 0 heterocycles. The predicted molar refractivity (Wildman–Crippen MR) is 128 cm³/mol. The molecular weight excluding hydrogens is 390 g/mol. The molecule has 31 heavy (non-hydrogen) atoms. The molecule has 0 aromatic heterocycles. The number of benzene rings is 1. The fraction of sp³-hybridized carbons (Fsp3) is 0.600. The summed E-state index contributed by atoms with van der Waals surface area (Å²) in [6.45, 7) is 8.22.